The third-order valence-electron chi connectivity index (χ3n) is 18.5. The molecule has 18 rings (SSSR count). The van der Waals surface area contributed by atoms with Gasteiger partial charge in [-0.3, -0.25) is 0 Å². The molecule has 12 aromatic rings. The molecule has 0 bridgehead atoms. The first kappa shape index (κ1) is 49.1. The fourth-order valence-electron chi connectivity index (χ4n) is 15.5. The van der Waals surface area contributed by atoms with Crippen LogP contribution in [0.25, 0.3) is 22.3 Å². The average Bonchev–Trinajstić information content (AvgIpc) is 1.14. The van der Waals surface area contributed by atoms with Gasteiger partial charge in [-0.25, -0.2) is 0 Å². The number of ether oxygens (including phenoxy) is 1. The molecule has 12 aromatic carbocycles. The molecule has 10 heteroatoms. The molecule has 400 valence electrons. The van der Waals surface area contributed by atoms with Crippen LogP contribution in [0.3, 0.4) is 0 Å². The van der Waals surface area contributed by atoms with Crippen LogP contribution in [0.2, 0.25) is 20.1 Å². The average molecular weight is 1270 g/mol. The van der Waals surface area contributed by atoms with E-state index in [-0.39, 0.29) is 31.6 Å². The van der Waals surface area contributed by atoms with Crippen LogP contribution in [0.5, 0.6) is 23.0 Å². The van der Waals surface area contributed by atoms with Gasteiger partial charge in [-0.05, 0) is 0 Å². The third-order valence-corrected chi connectivity index (χ3v) is 34.1. The molecule has 0 N–H and O–H groups in total. The number of rotatable bonds is 6. The first-order chi connectivity index (χ1) is 41.3. The van der Waals surface area contributed by atoms with Gasteiger partial charge >= 0.3 is 511 Å². The van der Waals surface area contributed by atoms with Crippen LogP contribution in [-0.2, 0) is 10.8 Å². The molecule has 0 unspecified atom stereocenters. The van der Waals surface area contributed by atoms with Crippen molar-refractivity contribution in [3.05, 3.63) is 325 Å². The minimum absolute atomic E-state index is 0.0848. The molecular weight excluding hydrogens is 1230 g/mol. The van der Waals surface area contributed by atoms with E-state index in [0.717, 1.165) is 44.7 Å². The van der Waals surface area contributed by atoms with E-state index in [0.29, 0.717) is 11.5 Å². The quantitative estimate of drug-likeness (QED) is 0.0942. The van der Waals surface area contributed by atoms with Crippen molar-refractivity contribution in [3.8, 4) is 45.3 Å². The number of hydrogen-bond acceptors (Lipinski definition) is 5. The SMILES string of the molecule is Clc1c(Cl)c(Cl)c2c(c1Cl)[O][Sb]13([O]2)[c]2c4cccc2N(c2ccc5c(c2)C(c2ccccc2)(c2ccccc2)c2ccccc2-5)c2cccc([c]21)N(c1ccc2c(c1)C(c1ccccc1)(c1ccccc1)c1ccccc1-2)c1cccc([c]13)O4. The summed E-state index contributed by atoms with van der Waals surface area (Å²) < 4.78 is 26.1. The monoisotopic (exact) mass is 1270 g/mol. The Balaban J connectivity index is 0.952. The van der Waals surface area contributed by atoms with Crippen molar-refractivity contribution >= 4 is 109 Å². The van der Waals surface area contributed by atoms with Crippen LogP contribution in [0.15, 0.2) is 261 Å². The third kappa shape index (κ3) is 5.85. The summed E-state index contributed by atoms with van der Waals surface area (Å²) in [6, 6.07) is 94.3. The van der Waals surface area contributed by atoms with Crippen molar-refractivity contribution in [2.45, 2.75) is 10.8 Å². The first-order valence-electron chi connectivity index (χ1n) is 28.0. The predicted molar refractivity (Wildman–Crippen MR) is 343 cm³/mol. The van der Waals surface area contributed by atoms with Gasteiger partial charge in [0.25, 0.3) is 0 Å². The predicted octanol–water partition coefficient (Wildman–Crippen LogP) is 18.6. The van der Waals surface area contributed by atoms with E-state index in [1.54, 1.807) is 0 Å². The zero-order valence-electron chi connectivity index (χ0n) is 44.4. The van der Waals surface area contributed by atoms with E-state index < -0.39 is 29.1 Å². The molecule has 4 heterocycles. The molecule has 0 saturated carbocycles. The van der Waals surface area contributed by atoms with Gasteiger partial charge in [-0.2, -0.15) is 0 Å². The zero-order chi connectivity index (χ0) is 55.9. The second-order valence-corrected chi connectivity index (χ2v) is 34.1. The molecule has 5 nitrogen and oxygen atoms in total. The Labute approximate surface area is 507 Å². The van der Waals surface area contributed by atoms with Gasteiger partial charge in [0.1, 0.15) is 0 Å². The molecule has 0 radical (unpaired) electrons. The summed E-state index contributed by atoms with van der Waals surface area (Å²) in [4.78, 5) is 4.77. The molecule has 6 aliphatic rings. The van der Waals surface area contributed by atoms with Crippen molar-refractivity contribution in [1.82, 2.24) is 0 Å². The Morgan fingerprint density at radius 3 is 1.02 bits per heavy atom. The van der Waals surface area contributed by atoms with Crippen LogP contribution in [-0.4, -0.2) is 18.2 Å². The summed E-state index contributed by atoms with van der Waals surface area (Å²) in [5.41, 5.74) is 18.2. The molecule has 0 aromatic heterocycles. The maximum absolute atomic E-state index is 8.14. The van der Waals surface area contributed by atoms with Crippen LogP contribution in [0.1, 0.15) is 44.5 Å². The molecule has 4 aliphatic heterocycles. The van der Waals surface area contributed by atoms with E-state index in [1.807, 2.05) is 12.1 Å². The minimum atomic E-state index is -6.35. The van der Waals surface area contributed by atoms with E-state index >= 15 is 0 Å². The second-order valence-electron chi connectivity index (χ2n) is 22.2. The van der Waals surface area contributed by atoms with Crippen molar-refractivity contribution in [2.24, 2.45) is 0 Å². The zero-order valence-corrected chi connectivity index (χ0v) is 50.0. The number of benzene rings is 12. The van der Waals surface area contributed by atoms with Crippen LogP contribution in [0, 0.1) is 0 Å². The van der Waals surface area contributed by atoms with Gasteiger partial charge in [0, 0.05) is 0 Å². The summed E-state index contributed by atoms with van der Waals surface area (Å²) in [5, 5.41) is 0.416. The van der Waals surface area contributed by atoms with Crippen LogP contribution in [0.4, 0.5) is 34.1 Å². The summed E-state index contributed by atoms with van der Waals surface area (Å²) in [6.07, 6.45) is 0. The molecule has 84 heavy (non-hydrogen) atoms. The van der Waals surface area contributed by atoms with E-state index in [2.05, 4.69) is 259 Å². The number of halogens is 4. The van der Waals surface area contributed by atoms with E-state index in [9.17, 15) is 0 Å². The van der Waals surface area contributed by atoms with Crippen molar-refractivity contribution in [1.29, 1.82) is 0 Å². The van der Waals surface area contributed by atoms with Gasteiger partial charge in [0.15, 0.2) is 0 Å². The van der Waals surface area contributed by atoms with Crippen molar-refractivity contribution in [3.63, 3.8) is 0 Å². The Hall–Kier alpha value is -8.38. The Kier molecular flexibility index (Phi) is 10.1. The first-order valence-corrected chi connectivity index (χ1v) is 35.4. The van der Waals surface area contributed by atoms with Gasteiger partial charge < -0.3 is 0 Å². The molecule has 0 atom stereocenters. The number of nitrogens with zero attached hydrogens (tertiary/aromatic N) is 2. The van der Waals surface area contributed by atoms with E-state index in [1.165, 1.54) is 66.8 Å². The molecular formula is C74H43Cl4N2O3Sb. The van der Waals surface area contributed by atoms with Crippen molar-refractivity contribution < 1.29 is 10.8 Å². The topological polar surface area (TPSA) is 34.2 Å². The molecule has 2 aliphatic carbocycles. The second kappa shape index (κ2) is 17.4. The van der Waals surface area contributed by atoms with Gasteiger partial charge in [0.2, 0.25) is 0 Å². The van der Waals surface area contributed by atoms with Crippen LogP contribution < -0.4 is 31.1 Å². The van der Waals surface area contributed by atoms with Gasteiger partial charge in [-0.1, -0.05) is 0 Å². The van der Waals surface area contributed by atoms with Gasteiger partial charge in [0.05, 0.1) is 0 Å². The number of fused-ring (bicyclic) bond motifs is 7. The molecule has 0 fully saturated rings. The fraction of sp³-hybridized carbons (Fsp3) is 0.0270. The molecule has 1 spiro atoms. The summed E-state index contributed by atoms with van der Waals surface area (Å²) >= 11 is 22.6. The summed E-state index contributed by atoms with van der Waals surface area (Å²) in [5.74, 6) is 1.72. The standard InChI is InChI=1S/C68H43N2O.C6H2Cl4O2.Sb/c1-5-20-47(21-6-1)67(48-22-7-2-8-23-48)63-36-15-13-34-59(63)61-40-38-55(45-65(61)67)69-51-28-17-29-52(42-51)70(54-31-19-33-58(44-54)71-57-32-18-30-53(69)43-57)56-39-41-62-60-35-14-16-37-64(60)68(66(62)46-56,49-24-9-3-10-25-49)50-26-11-4-12-27-50;7-1-2(8)4(10)6(12)5(11)3(1)9;/h1-41,45-46H;11-12H;/q;;+2/p-2. The number of anilines is 6. The molecule has 0 amide bonds. The summed E-state index contributed by atoms with van der Waals surface area (Å²) in [7, 11) is 0. The number of hydrogen-bond donors (Lipinski definition) is 0. The Morgan fingerprint density at radius 2 is 0.631 bits per heavy atom. The molecule has 0 saturated heterocycles. The maximum atomic E-state index is 8.14. The normalized spacial score (nSPS) is 16.5. The van der Waals surface area contributed by atoms with Crippen molar-refractivity contribution in [2.75, 3.05) is 9.80 Å². The van der Waals surface area contributed by atoms with Gasteiger partial charge in [-0.15, -0.1) is 0 Å². The van der Waals surface area contributed by atoms with Crippen LogP contribution >= 0.6 is 46.4 Å². The Morgan fingerprint density at radius 1 is 0.298 bits per heavy atom. The van der Waals surface area contributed by atoms with E-state index in [4.69, 9.17) is 57.2 Å². The summed E-state index contributed by atoms with van der Waals surface area (Å²) in [6.45, 7) is 0. The Bertz CT molecular complexity index is 4490. The fourth-order valence-corrected chi connectivity index (χ4v) is 33.0.